The molecule has 20 heavy (non-hydrogen) atoms. The number of aromatic nitrogens is 1. The van der Waals surface area contributed by atoms with Gasteiger partial charge in [0.15, 0.2) is 0 Å². The Morgan fingerprint density at radius 3 is 2.60 bits per heavy atom. The van der Waals surface area contributed by atoms with Gasteiger partial charge >= 0.3 is 0 Å². The van der Waals surface area contributed by atoms with Gasteiger partial charge in [0.1, 0.15) is 5.82 Å². The number of hydrogen-bond donors (Lipinski definition) is 2. The maximum Gasteiger partial charge on any atom is 0.283 e. The number of hydrazine groups is 1. The number of nitrogens with one attached hydrogen (secondary N) is 1. The molecule has 8 heteroatoms. The number of nitrogens with two attached hydrogens (primary N) is 1. The second-order valence-electron chi connectivity index (χ2n) is 3.92. The average molecular weight is 296 g/mol. The highest BCUT2D eigenvalue weighted by Crippen LogP contribution is 2.26. The number of hydrogen-bond acceptors (Lipinski definition) is 5. The van der Waals surface area contributed by atoms with E-state index in [1.165, 1.54) is 43.6 Å². The van der Waals surface area contributed by atoms with Gasteiger partial charge < -0.3 is 5.43 Å². The van der Waals surface area contributed by atoms with Gasteiger partial charge in [-0.05, 0) is 24.3 Å². The number of pyridine rings is 1. The largest absolute Gasteiger partial charge is 0.321 e. The number of nitrogen functional groups attached to an aromatic ring is 1. The fraction of sp³-hybridized carbons (Fsp3) is 0.0833. The molecule has 3 N–H and O–H groups in total. The van der Waals surface area contributed by atoms with Crippen molar-refractivity contribution in [3.63, 3.8) is 0 Å². The van der Waals surface area contributed by atoms with Gasteiger partial charge in [-0.25, -0.2) is 9.37 Å². The third kappa shape index (κ3) is 2.43. The lowest BCUT2D eigenvalue weighted by atomic mass is 10.3. The van der Waals surface area contributed by atoms with E-state index in [4.69, 9.17) is 5.84 Å². The normalized spacial score (nSPS) is 11.2. The first kappa shape index (κ1) is 14.2. The first-order valence-corrected chi connectivity index (χ1v) is 7.07. The zero-order chi connectivity index (χ0) is 14.8. The first-order chi connectivity index (χ1) is 9.48. The standard InChI is InChI=1S/C12H13FN4O2S/c1-17(11-7-3-2-5-9(11)13)20(18,19)12-10(16-14)6-4-8-15-12/h2-8,16H,14H2,1H3. The topological polar surface area (TPSA) is 88.3 Å². The fourth-order valence-electron chi connectivity index (χ4n) is 1.67. The van der Waals surface area contributed by atoms with Crippen LogP contribution in [0.25, 0.3) is 0 Å². The van der Waals surface area contributed by atoms with Crippen LogP contribution >= 0.6 is 0 Å². The number of halogens is 1. The zero-order valence-corrected chi connectivity index (χ0v) is 11.4. The lowest BCUT2D eigenvalue weighted by Crippen LogP contribution is -2.29. The lowest BCUT2D eigenvalue weighted by molar-refractivity contribution is 0.586. The molecule has 1 heterocycles. The van der Waals surface area contributed by atoms with Crippen molar-refractivity contribution >= 4 is 21.4 Å². The molecular formula is C12H13FN4O2S. The summed E-state index contributed by atoms with van der Waals surface area (Å²) < 4.78 is 39.5. The summed E-state index contributed by atoms with van der Waals surface area (Å²) in [6.45, 7) is 0. The van der Waals surface area contributed by atoms with E-state index in [2.05, 4.69) is 10.4 Å². The Balaban J connectivity index is 2.53. The Bertz CT molecular complexity index is 721. The quantitative estimate of drug-likeness (QED) is 0.656. The van der Waals surface area contributed by atoms with Crippen LogP contribution in [0.4, 0.5) is 15.8 Å². The molecule has 0 saturated heterocycles. The van der Waals surface area contributed by atoms with E-state index in [0.29, 0.717) is 0 Å². The third-order valence-electron chi connectivity index (χ3n) is 2.72. The fourth-order valence-corrected chi connectivity index (χ4v) is 2.94. The van der Waals surface area contributed by atoms with E-state index in [-0.39, 0.29) is 16.4 Å². The molecule has 0 aliphatic carbocycles. The molecule has 0 atom stereocenters. The highest BCUT2D eigenvalue weighted by molar-refractivity contribution is 7.92. The van der Waals surface area contributed by atoms with E-state index >= 15 is 0 Å². The summed E-state index contributed by atoms with van der Waals surface area (Å²) in [5, 5.41) is -0.270. The maximum absolute atomic E-state index is 13.7. The minimum Gasteiger partial charge on any atom is -0.321 e. The summed E-state index contributed by atoms with van der Waals surface area (Å²) in [4.78, 5) is 3.80. The van der Waals surface area contributed by atoms with Crippen LogP contribution in [0.2, 0.25) is 0 Å². The van der Waals surface area contributed by atoms with Crippen molar-refractivity contribution < 1.29 is 12.8 Å². The predicted octanol–water partition coefficient (Wildman–Crippen LogP) is 1.33. The Kier molecular flexibility index (Phi) is 3.86. The maximum atomic E-state index is 13.7. The summed E-state index contributed by atoms with van der Waals surface area (Å²) in [5.41, 5.74) is 2.33. The molecule has 106 valence electrons. The zero-order valence-electron chi connectivity index (χ0n) is 10.6. The van der Waals surface area contributed by atoms with Gasteiger partial charge in [-0.1, -0.05) is 12.1 Å². The van der Waals surface area contributed by atoms with Crippen LogP contribution in [-0.4, -0.2) is 20.4 Å². The number of sulfonamides is 1. The number of para-hydroxylation sites is 1. The lowest BCUT2D eigenvalue weighted by Gasteiger charge is -2.20. The van der Waals surface area contributed by atoms with Gasteiger partial charge in [0.25, 0.3) is 10.0 Å². The van der Waals surface area contributed by atoms with Crippen LogP contribution in [0.5, 0.6) is 0 Å². The summed E-state index contributed by atoms with van der Waals surface area (Å²) in [5.74, 6) is 4.63. The molecule has 0 aliphatic heterocycles. The monoisotopic (exact) mass is 296 g/mol. The second kappa shape index (κ2) is 5.43. The molecule has 0 bridgehead atoms. The van der Waals surface area contributed by atoms with E-state index in [9.17, 15) is 12.8 Å². The molecule has 2 rings (SSSR count). The van der Waals surface area contributed by atoms with Crippen molar-refractivity contribution in [2.45, 2.75) is 5.03 Å². The Labute approximate surface area is 116 Å². The molecule has 1 aromatic carbocycles. The molecule has 0 saturated carbocycles. The molecule has 0 fully saturated rings. The van der Waals surface area contributed by atoms with Crippen molar-refractivity contribution in [3.05, 3.63) is 48.4 Å². The van der Waals surface area contributed by atoms with E-state index < -0.39 is 15.8 Å². The first-order valence-electron chi connectivity index (χ1n) is 5.63. The molecule has 0 amide bonds. The van der Waals surface area contributed by atoms with Gasteiger partial charge in [-0.2, -0.15) is 8.42 Å². The second-order valence-corrected chi connectivity index (χ2v) is 5.81. The van der Waals surface area contributed by atoms with Crippen LogP contribution in [0.15, 0.2) is 47.6 Å². The SMILES string of the molecule is CN(c1ccccc1F)S(=O)(=O)c1ncccc1NN. The van der Waals surface area contributed by atoms with Crippen molar-refractivity contribution in [3.8, 4) is 0 Å². The summed E-state index contributed by atoms with van der Waals surface area (Å²) >= 11 is 0. The van der Waals surface area contributed by atoms with Gasteiger partial charge in [-0.15, -0.1) is 0 Å². The Hall–Kier alpha value is -2.19. The molecule has 0 radical (unpaired) electrons. The summed E-state index contributed by atoms with van der Waals surface area (Å²) in [6, 6.07) is 8.58. The van der Waals surface area contributed by atoms with Crippen LogP contribution in [0.1, 0.15) is 0 Å². The molecule has 0 spiro atoms. The molecular weight excluding hydrogens is 283 g/mol. The van der Waals surface area contributed by atoms with Gasteiger partial charge in [0.05, 0.1) is 11.4 Å². The molecule has 2 aromatic rings. The summed E-state index contributed by atoms with van der Waals surface area (Å²) in [6.07, 6.45) is 1.32. The molecule has 1 aromatic heterocycles. The van der Waals surface area contributed by atoms with Crippen LogP contribution in [-0.2, 0) is 10.0 Å². The van der Waals surface area contributed by atoms with Gasteiger partial charge in [0.2, 0.25) is 5.03 Å². The van der Waals surface area contributed by atoms with Crippen molar-refractivity contribution in [1.29, 1.82) is 0 Å². The van der Waals surface area contributed by atoms with E-state index in [1.54, 1.807) is 6.07 Å². The highest BCUT2D eigenvalue weighted by Gasteiger charge is 2.27. The minimum absolute atomic E-state index is 0.0684. The van der Waals surface area contributed by atoms with E-state index in [1.807, 2.05) is 0 Å². The van der Waals surface area contributed by atoms with Crippen LogP contribution < -0.4 is 15.6 Å². The van der Waals surface area contributed by atoms with E-state index in [0.717, 1.165) is 4.31 Å². The number of benzene rings is 1. The molecule has 0 unspecified atom stereocenters. The van der Waals surface area contributed by atoms with Gasteiger partial charge in [-0.3, -0.25) is 10.1 Å². The smallest absolute Gasteiger partial charge is 0.283 e. The van der Waals surface area contributed by atoms with Crippen LogP contribution in [0.3, 0.4) is 0 Å². The number of nitrogens with zero attached hydrogens (tertiary/aromatic N) is 2. The van der Waals surface area contributed by atoms with Crippen molar-refractivity contribution in [2.75, 3.05) is 16.8 Å². The Morgan fingerprint density at radius 1 is 1.25 bits per heavy atom. The van der Waals surface area contributed by atoms with Gasteiger partial charge in [0, 0.05) is 13.2 Å². The summed E-state index contributed by atoms with van der Waals surface area (Å²) in [7, 11) is -2.76. The van der Waals surface area contributed by atoms with Crippen molar-refractivity contribution in [1.82, 2.24) is 4.98 Å². The highest BCUT2D eigenvalue weighted by atomic mass is 32.2. The average Bonchev–Trinajstić information content (AvgIpc) is 2.47. The number of rotatable bonds is 4. The Morgan fingerprint density at radius 2 is 1.95 bits per heavy atom. The third-order valence-corrected chi connectivity index (χ3v) is 4.46. The molecule has 6 nitrogen and oxygen atoms in total. The van der Waals surface area contributed by atoms with Crippen LogP contribution in [0, 0.1) is 5.82 Å². The molecule has 0 aliphatic rings. The van der Waals surface area contributed by atoms with Crippen molar-refractivity contribution in [2.24, 2.45) is 5.84 Å². The number of anilines is 2. The minimum atomic E-state index is -4.02. The predicted molar refractivity (Wildman–Crippen MR) is 74.0 cm³/mol.